The molecule has 1 heterocycles. The van der Waals surface area contributed by atoms with Crippen LogP contribution in [-0.4, -0.2) is 31.4 Å². The van der Waals surface area contributed by atoms with Crippen molar-refractivity contribution >= 4 is 30.3 Å². The molecular weight excluding hydrogens is 256 g/mol. The first kappa shape index (κ1) is 13.1. The molecule has 0 saturated carbocycles. The molecule has 0 aliphatic rings. The van der Waals surface area contributed by atoms with E-state index < -0.39 is 19.6 Å². The van der Waals surface area contributed by atoms with Crippen LogP contribution in [0, 0.1) is 4.64 Å². The first-order chi connectivity index (χ1) is 6.30. The minimum atomic E-state index is -4.19. The van der Waals surface area contributed by atoms with Crippen LogP contribution < -0.4 is 0 Å². The Bertz CT molecular complexity index is 512. The third-order valence-corrected chi connectivity index (χ3v) is 1.34. The van der Waals surface area contributed by atoms with Gasteiger partial charge in [0.25, 0.3) is 0 Å². The van der Waals surface area contributed by atoms with Gasteiger partial charge in [-0.2, -0.15) is 16.8 Å². The summed E-state index contributed by atoms with van der Waals surface area (Å²) in [6.07, 6.45) is 4.16. The lowest BCUT2D eigenvalue weighted by Gasteiger charge is -1.76. The molecule has 2 N–H and O–H groups in total. The predicted molar refractivity (Wildman–Crippen MR) is 48.2 cm³/mol. The Hall–Kier alpha value is -0.900. The van der Waals surface area contributed by atoms with Crippen LogP contribution in [0.4, 0.5) is 0 Å². The summed E-state index contributed by atoms with van der Waals surface area (Å²) >= 11 is 0. The summed E-state index contributed by atoms with van der Waals surface area (Å²) in [5.74, 6) is 0. The van der Waals surface area contributed by atoms with Gasteiger partial charge in [0.2, 0.25) is 10.3 Å². The maximum absolute atomic E-state index is 10.1. The number of aromatic amines is 1. The van der Waals surface area contributed by atoms with Crippen LogP contribution in [0.25, 0.3) is 0 Å². The Morgan fingerprint density at radius 1 is 1.50 bits per heavy atom. The van der Waals surface area contributed by atoms with E-state index in [1.807, 2.05) is 0 Å². The van der Waals surface area contributed by atoms with Crippen molar-refractivity contribution in [2.45, 2.75) is 0 Å². The lowest BCUT2D eigenvalue weighted by molar-refractivity contribution is 0.501. The molecule has 0 aliphatic carbocycles. The van der Waals surface area contributed by atoms with Crippen molar-refractivity contribution < 1.29 is 21.4 Å². The van der Waals surface area contributed by atoms with E-state index in [4.69, 9.17) is 13.0 Å². The molecule has 1 aromatic rings. The molecule has 0 atom stereocenters. The van der Waals surface area contributed by atoms with Crippen molar-refractivity contribution in [3.05, 3.63) is 23.2 Å². The van der Waals surface area contributed by atoms with E-state index in [2.05, 4.69) is 20.7 Å². The van der Waals surface area contributed by atoms with Gasteiger partial charge >= 0.3 is 9.33 Å². The molecule has 0 fully saturated rings. The second kappa shape index (κ2) is 5.75. The summed E-state index contributed by atoms with van der Waals surface area (Å²) in [5, 5.41) is 0. The number of hydrogen-bond acceptors (Lipinski definition) is 5. The Kier molecular flexibility index (Phi) is 5.38. The van der Waals surface area contributed by atoms with Crippen LogP contribution in [0.1, 0.15) is 0 Å². The number of H-pyrrole nitrogens is 1. The third-order valence-electron chi connectivity index (χ3n) is 0.758. The standard InChI is InChI=1S/C4H4N2O2S.ClHO3S/c7-9(8)4-3-5-1-2-6-4;1-5(2,3)4/h1-3,6H;(H,2,3,4). The van der Waals surface area contributed by atoms with Crippen LogP contribution in [0.5, 0.6) is 0 Å². The second-order valence-electron chi connectivity index (χ2n) is 1.75. The molecule has 0 unspecified atom stereocenters. The SMILES string of the molecule is O=S(=O)(O)Cl.O=S(=O)=c1cncc[nH]1. The summed E-state index contributed by atoms with van der Waals surface area (Å²) in [4.78, 5) is 6.07. The topological polar surface area (TPSA) is 117 Å². The lowest BCUT2D eigenvalue weighted by Crippen LogP contribution is -1.77. The molecule has 80 valence electrons. The van der Waals surface area contributed by atoms with Crippen LogP contribution in [0.2, 0.25) is 0 Å². The highest BCUT2D eigenvalue weighted by atomic mass is 35.7. The highest BCUT2D eigenvalue weighted by Gasteiger charge is 1.86. The molecule has 14 heavy (non-hydrogen) atoms. The summed E-state index contributed by atoms with van der Waals surface area (Å²) in [6, 6.07) is 0. The van der Waals surface area contributed by atoms with Gasteiger partial charge in [0, 0.05) is 23.1 Å². The molecule has 0 amide bonds. The molecule has 0 aliphatic heterocycles. The molecular formula is C4H5ClN2O5S2. The van der Waals surface area contributed by atoms with Gasteiger partial charge in [0.1, 0.15) is 0 Å². The maximum atomic E-state index is 10.1. The van der Waals surface area contributed by atoms with Gasteiger partial charge in [-0.25, -0.2) is 0 Å². The van der Waals surface area contributed by atoms with Gasteiger partial charge in [-0.3, -0.25) is 9.54 Å². The lowest BCUT2D eigenvalue weighted by atomic mass is 10.8. The molecule has 1 rings (SSSR count). The van der Waals surface area contributed by atoms with E-state index in [1.165, 1.54) is 18.6 Å². The van der Waals surface area contributed by atoms with E-state index in [1.54, 1.807) is 0 Å². The van der Waals surface area contributed by atoms with Crippen LogP contribution in [0.15, 0.2) is 18.6 Å². The average molecular weight is 261 g/mol. The number of rotatable bonds is 0. The predicted octanol–water partition coefficient (Wildman–Crippen LogP) is -0.151. The molecule has 0 spiro atoms. The van der Waals surface area contributed by atoms with E-state index in [0.717, 1.165) is 0 Å². The Labute approximate surface area is 85.2 Å². The first-order valence-corrected chi connectivity index (χ1v) is 6.23. The van der Waals surface area contributed by atoms with Gasteiger partial charge < -0.3 is 4.98 Å². The highest BCUT2D eigenvalue weighted by molar-refractivity contribution is 8.09. The molecule has 0 aromatic carbocycles. The number of nitrogens with one attached hydrogen (secondary N) is 1. The zero-order valence-electron chi connectivity index (χ0n) is 6.45. The smallest absolute Gasteiger partial charge is 0.346 e. The molecule has 10 heteroatoms. The normalized spacial score (nSPS) is 9.86. The monoisotopic (exact) mass is 260 g/mol. The van der Waals surface area contributed by atoms with Crippen molar-refractivity contribution in [2.24, 2.45) is 0 Å². The molecule has 0 saturated heterocycles. The second-order valence-corrected chi connectivity index (χ2v) is 4.65. The zero-order chi connectivity index (χ0) is 11.2. The number of halogens is 1. The summed E-state index contributed by atoms with van der Waals surface area (Å²) < 4.78 is 45.5. The van der Waals surface area contributed by atoms with Gasteiger partial charge in [0.15, 0.2) is 4.64 Å². The Morgan fingerprint density at radius 2 is 2.00 bits per heavy atom. The molecule has 0 bridgehead atoms. The van der Waals surface area contributed by atoms with Crippen LogP contribution in [-0.2, 0) is 19.6 Å². The third kappa shape index (κ3) is 9.19. The van der Waals surface area contributed by atoms with E-state index in [9.17, 15) is 8.42 Å². The average Bonchev–Trinajstić information content (AvgIpc) is 2.03. The van der Waals surface area contributed by atoms with Crippen molar-refractivity contribution in [1.82, 2.24) is 9.97 Å². The minimum Gasteiger partial charge on any atom is -0.346 e. The molecule has 7 nitrogen and oxygen atoms in total. The fourth-order valence-electron chi connectivity index (χ4n) is 0.402. The van der Waals surface area contributed by atoms with Crippen LogP contribution >= 0.6 is 10.7 Å². The van der Waals surface area contributed by atoms with E-state index >= 15 is 0 Å². The fourth-order valence-corrected chi connectivity index (χ4v) is 0.713. The Balaban J connectivity index is 0.000000292. The van der Waals surface area contributed by atoms with Crippen LogP contribution in [0.3, 0.4) is 0 Å². The molecule has 0 radical (unpaired) electrons. The minimum absolute atomic E-state index is 0.0949. The van der Waals surface area contributed by atoms with Crippen molar-refractivity contribution in [2.75, 3.05) is 0 Å². The summed E-state index contributed by atoms with van der Waals surface area (Å²) in [7, 11) is -2.33. The highest BCUT2D eigenvalue weighted by Crippen LogP contribution is 1.82. The van der Waals surface area contributed by atoms with Gasteiger partial charge in [0.05, 0.1) is 6.20 Å². The van der Waals surface area contributed by atoms with Crippen molar-refractivity contribution in [3.63, 3.8) is 0 Å². The van der Waals surface area contributed by atoms with E-state index in [0.29, 0.717) is 0 Å². The quantitative estimate of drug-likeness (QED) is 0.380. The van der Waals surface area contributed by atoms with Crippen molar-refractivity contribution in [3.8, 4) is 0 Å². The zero-order valence-corrected chi connectivity index (χ0v) is 8.84. The number of hydrogen-bond donors (Lipinski definition) is 2. The summed E-state index contributed by atoms with van der Waals surface area (Å²) in [6.45, 7) is 0. The van der Waals surface area contributed by atoms with Gasteiger partial charge in [-0.1, -0.05) is 0 Å². The fraction of sp³-hybridized carbons (Fsp3) is 0. The van der Waals surface area contributed by atoms with E-state index in [-0.39, 0.29) is 4.64 Å². The van der Waals surface area contributed by atoms with Gasteiger partial charge in [-0.15, -0.1) is 0 Å². The summed E-state index contributed by atoms with van der Waals surface area (Å²) in [5.41, 5.74) is 0. The number of nitrogens with zero attached hydrogens (tertiary/aromatic N) is 1. The van der Waals surface area contributed by atoms with Gasteiger partial charge in [-0.05, 0) is 0 Å². The molecule has 1 aromatic heterocycles. The van der Waals surface area contributed by atoms with Crippen molar-refractivity contribution in [1.29, 1.82) is 0 Å². The number of aromatic nitrogens is 2. The Morgan fingerprint density at radius 3 is 2.21 bits per heavy atom. The first-order valence-electron chi connectivity index (χ1n) is 2.88. The maximum Gasteiger partial charge on any atom is 0.353 e. The largest absolute Gasteiger partial charge is 0.353 e.